The number of rotatable bonds is 2. The third-order valence-corrected chi connectivity index (χ3v) is 4.01. The first-order valence-electron chi connectivity index (χ1n) is 4.35. The lowest BCUT2D eigenvalue weighted by Gasteiger charge is -2.25. The second-order valence-corrected chi connectivity index (χ2v) is 4.63. The Labute approximate surface area is 96.6 Å². The van der Waals surface area contributed by atoms with Crippen LogP contribution < -0.4 is 4.90 Å². The number of thiazole rings is 1. The molecule has 0 N–H and O–H groups in total. The van der Waals surface area contributed by atoms with Crippen molar-refractivity contribution in [1.82, 2.24) is 4.98 Å². The van der Waals surface area contributed by atoms with Gasteiger partial charge in [-0.1, -0.05) is 22.9 Å². The molecule has 2 rings (SSSR count). The Morgan fingerprint density at radius 3 is 2.71 bits per heavy atom. The summed E-state index contributed by atoms with van der Waals surface area (Å²) in [5, 5.41) is 1.49. The fourth-order valence-corrected chi connectivity index (χ4v) is 2.82. The molecule has 1 aromatic heterocycles. The fraction of sp³-hybridized carbons (Fsp3) is 0.625. The van der Waals surface area contributed by atoms with Crippen LogP contribution in [0.2, 0.25) is 5.15 Å². The van der Waals surface area contributed by atoms with Gasteiger partial charge >= 0.3 is 0 Å². The Hall–Kier alpha value is -0.0300. The molecule has 14 heavy (non-hydrogen) atoms. The van der Waals surface area contributed by atoms with Crippen LogP contribution in [0.5, 0.6) is 0 Å². The molecular weight excluding hydrogens is 243 g/mol. The van der Waals surface area contributed by atoms with Gasteiger partial charge in [0.1, 0.15) is 5.15 Å². The lowest BCUT2D eigenvalue weighted by Crippen LogP contribution is -2.36. The van der Waals surface area contributed by atoms with Gasteiger partial charge in [0.15, 0.2) is 5.13 Å². The second-order valence-electron chi connectivity index (χ2n) is 2.94. The molecule has 0 bridgehead atoms. The van der Waals surface area contributed by atoms with Crippen LogP contribution >= 0.6 is 34.5 Å². The van der Waals surface area contributed by atoms with Crippen LogP contribution in [-0.4, -0.2) is 31.3 Å². The number of ether oxygens (including phenoxy) is 1. The highest BCUT2D eigenvalue weighted by molar-refractivity contribution is 7.16. The monoisotopic (exact) mass is 252 g/mol. The predicted molar refractivity (Wildman–Crippen MR) is 59.7 cm³/mol. The van der Waals surface area contributed by atoms with E-state index in [2.05, 4.69) is 9.88 Å². The topological polar surface area (TPSA) is 25.4 Å². The second kappa shape index (κ2) is 4.66. The van der Waals surface area contributed by atoms with Gasteiger partial charge in [-0.15, -0.1) is 11.6 Å². The first-order valence-corrected chi connectivity index (χ1v) is 6.08. The van der Waals surface area contributed by atoms with E-state index in [9.17, 15) is 0 Å². The zero-order chi connectivity index (χ0) is 9.97. The molecule has 1 fully saturated rings. The summed E-state index contributed by atoms with van der Waals surface area (Å²) >= 11 is 13.2. The fourth-order valence-electron chi connectivity index (χ4n) is 1.29. The molecule has 2 heterocycles. The molecule has 3 nitrogen and oxygen atoms in total. The normalized spacial score (nSPS) is 17.4. The average Bonchev–Trinajstić information content (AvgIpc) is 2.61. The Morgan fingerprint density at radius 1 is 1.43 bits per heavy atom. The molecule has 1 aliphatic rings. The zero-order valence-corrected chi connectivity index (χ0v) is 9.83. The summed E-state index contributed by atoms with van der Waals surface area (Å²) in [6.07, 6.45) is 0. The van der Waals surface area contributed by atoms with Gasteiger partial charge in [-0.25, -0.2) is 4.98 Å². The molecule has 0 unspecified atom stereocenters. The van der Waals surface area contributed by atoms with Crippen molar-refractivity contribution in [2.75, 3.05) is 31.2 Å². The minimum atomic E-state index is 0.431. The lowest BCUT2D eigenvalue weighted by molar-refractivity contribution is 0.122. The maximum absolute atomic E-state index is 5.92. The summed E-state index contributed by atoms with van der Waals surface area (Å²) < 4.78 is 5.26. The summed E-state index contributed by atoms with van der Waals surface area (Å²) in [7, 11) is 0. The van der Waals surface area contributed by atoms with Crippen LogP contribution in [0, 0.1) is 0 Å². The number of aromatic nitrogens is 1. The van der Waals surface area contributed by atoms with E-state index in [-0.39, 0.29) is 0 Å². The standard InChI is InChI=1S/C8H10Cl2N2OS/c9-5-6-7(10)11-8(14-6)12-1-3-13-4-2-12/h1-5H2. The molecule has 0 aromatic carbocycles. The molecule has 1 aliphatic heterocycles. The molecule has 78 valence electrons. The van der Waals surface area contributed by atoms with E-state index in [0.717, 1.165) is 36.3 Å². The van der Waals surface area contributed by atoms with Crippen molar-refractivity contribution in [2.24, 2.45) is 0 Å². The number of halogens is 2. The van der Waals surface area contributed by atoms with E-state index in [1.165, 1.54) is 0 Å². The maximum atomic E-state index is 5.92. The number of hydrogen-bond acceptors (Lipinski definition) is 4. The maximum Gasteiger partial charge on any atom is 0.187 e. The van der Waals surface area contributed by atoms with Crippen LogP contribution in [0.15, 0.2) is 0 Å². The number of alkyl halides is 1. The Bertz CT molecular complexity index is 312. The van der Waals surface area contributed by atoms with Gasteiger partial charge in [0, 0.05) is 13.1 Å². The van der Waals surface area contributed by atoms with Gasteiger partial charge in [0.2, 0.25) is 0 Å². The molecule has 0 radical (unpaired) electrons. The van der Waals surface area contributed by atoms with Gasteiger partial charge in [-0.3, -0.25) is 0 Å². The van der Waals surface area contributed by atoms with Crippen LogP contribution in [0.25, 0.3) is 0 Å². The van der Waals surface area contributed by atoms with Crippen LogP contribution in [0.3, 0.4) is 0 Å². The zero-order valence-electron chi connectivity index (χ0n) is 7.50. The van der Waals surface area contributed by atoms with Crippen molar-refractivity contribution in [3.63, 3.8) is 0 Å². The van der Waals surface area contributed by atoms with E-state index in [0.29, 0.717) is 11.0 Å². The van der Waals surface area contributed by atoms with Crippen molar-refractivity contribution >= 4 is 39.7 Å². The summed E-state index contributed by atoms with van der Waals surface area (Å²) in [6.45, 7) is 3.28. The SMILES string of the molecule is ClCc1sc(N2CCOCC2)nc1Cl. The van der Waals surface area contributed by atoms with Crippen LogP contribution in [0.1, 0.15) is 4.88 Å². The van der Waals surface area contributed by atoms with Gasteiger partial charge in [0.25, 0.3) is 0 Å². The van der Waals surface area contributed by atoms with Crippen LogP contribution in [-0.2, 0) is 10.6 Å². The number of nitrogens with zero attached hydrogens (tertiary/aromatic N) is 2. The van der Waals surface area contributed by atoms with Gasteiger partial charge in [0.05, 0.1) is 24.0 Å². The summed E-state index contributed by atoms with van der Waals surface area (Å²) in [4.78, 5) is 7.39. The molecule has 6 heteroatoms. The molecule has 0 spiro atoms. The predicted octanol–water partition coefficient (Wildman–Crippen LogP) is 2.37. The third kappa shape index (κ3) is 2.14. The molecule has 0 aliphatic carbocycles. The molecule has 0 atom stereocenters. The van der Waals surface area contributed by atoms with E-state index < -0.39 is 0 Å². The average molecular weight is 253 g/mol. The smallest absolute Gasteiger partial charge is 0.187 e. The Morgan fingerprint density at radius 2 is 2.14 bits per heavy atom. The summed E-state index contributed by atoms with van der Waals surface area (Å²) in [5.74, 6) is 0.431. The van der Waals surface area contributed by atoms with Gasteiger partial charge in [-0.2, -0.15) is 0 Å². The van der Waals surface area contributed by atoms with Gasteiger partial charge < -0.3 is 9.64 Å². The first kappa shape index (κ1) is 10.5. The Kier molecular flexibility index (Phi) is 3.49. The highest BCUT2D eigenvalue weighted by atomic mass is 35.5. The number of hydrogen-bond donors (Lipinski definition) is 0. The van der Waals surface area contributed by atoms with Crippen molar-refractivity contribution in [1.29, 1.82) is 0 Å². The molecule has 0 amide bonds. The largest absolute Gasteiger partial charge is 0.378 e. The molecule has 1 saturated heterocycles. The summed E-state index contributed by atoms with van der Waals surface area (Å²) in [6, 6.07) is 0. The summed E-state index contributed by atoms with van der Waals surface area (Å²) in [5.41, 5.74) is 0. The van der Waals surface area contributed by atoms with Crippen LogP contribution in [0.4, 0.5) is 5.13 Å². The molecular formula is C8H10Cl2N2OS. The quantitative estimate of drug-likeness (QED) is 0.756. The van der Waals surface area contributed by atoms with Crippen molar-refractivity contribution < 1.29 is 4.74 Å². The Balaban J connectivity index is 2.14. The van der Waals surface area contributed by atoms with E-state index in [1.54, 1.807) is 11.3 Å². The third-order valence-electron chi connectivity index (χ3n) is 2.04. The van der Waals surface area contributed by atoms with Crippen molar-refractivity contribution in [2.45, 2.75) is 5.88 Å². The molecule has 0 saturated carbocycles. The minimum Gasteiger partial charge on any atom is -0.378 e. The van der Waals surface area contributed by atoms with E-state index in [4.69, 9.17) is 27.9 Å². The van der Waals surface area contributed by atoms with Gasteiger partial charge in [-0.05, 0) is 0 Å². The van der Waals surface area contributed by atoms with Crippen molar-refractivity contribution in [3.05, 3.63) is 10.0 Å². The van der Waals surface area contributed by atoms with Crippen molar-refractivity contribution in [3.8, 4) is 0 Å². The first-order chi connectivity index (χ1) is 6.81. The van der Waals surface area contributed by atoms with E-state index >= 15 is 0 Å². The number of morpholine rings is 1. The minimum absolute atomic E-state index is 0.431. The lowest BCUT2D eigenvalue weighted by atomic mass is 10.5. The van der Waals surface area contributed by atoms with E-state index in [1.807, 2.05) is 0 Å². The highest BCUT2D eigenvalue weighted by Gasteiger charge is 2.16. The number of anilines is 1. The molecule has 1 aromatic rings. The highest BCUT2D eigenvalue weighted by Crippen LogP contribution is 2.30.